The number of likely N-dealkylation sites (tertiary alicyclic amines) is 2. The number of amides is 4. The molecule has 4 aliphatic carbocycles. The van der Waals surface area contributed by atoms with Gasteiger partial charge in [0.05, 0.1) is 10.5 Å². The topological polar surface area (TPSA) is 209 Å². The predicted molar refractivity (Wildman–Crippen MR) is 230 cm³/mol. The summed E-state index contributed by atoms with van der Waals surface area (Å²) >= 11 is 0. The van der Waals surface area contributed by atoms with Crippen LogP contribution >= 0.6 is 0 Å². The summed E-state index contributed by atoms with van der Waals surface area (Å²) in [5.74, 6) is 0.902. The number of primary sulfonamides is 1. The lowest BCUT2D eigenvalue weighted by Gasteiger charge is -2.32. The van der Waals surface area contributed by atoms with Gasteiger partial charge >= 0.3 is 6.03 Å². The lowest BCUT2D eigenvalue weighted by Crippen LogP contribution is -2.48. The summed E-state index contributed by atoms with van der Waals surface area (Å²) < 4.78 is 55.2. The highest BCUT2D eigenvalue weighted by molar-refractivity contribution is 7.90. The lowest BCUT2D eigenvalue weighted by molar-refractivity contribution is -0.136. The van der Waals surface area contributed by atoms with E-state index < -0.39 is 36.6 Å². The van der Waals surface area contributed by atoms with E-state index in [0.717, 1.165) is 75.6 Å². The standard InChI is InChI=1S/C22H31N3O4S.C13H13NO.C9H18N2O3S/c1-14(2)21(26)25-11-9-17(10-12-25)30(28,29)24-22(27)23-20-18-7-3-5-15(18)13-16-6-4-8-19(16)20;14-8-15-13-11-5-1-3-9(11)7-10-4-2-6-12(10)13;1-7(2)9(12)11-5-3-8(4-6-11)15(10,13)14/h13-14,17H,3-12H2,1-2H3,(H2,23,24,27);7H,1-6H2;7-8H,3-6H2,1-2H3,(H2,10,13,14). The molecule has 0 radical (unpaired) electrons. The van der Waals surface area contributed by atoms with Gasteiger partial charge in [-0.15, -0.1) is 5.26 Å². The Morgan fingerprint density at radius 3 is 1.43 bits per heavy atom. The molecule has 0 bridgehead atoms. The number of rotatable bonds is 7. The number of sulfonamides is 2. The monoisotopic (exact) mass is 866 g/mol. The second kappa shape index (κ2) is 19.2. The van der Waals surface area contributed by atoms with Crippen LogP contribution < -0.4 is 19.9 Å². The Balaban J connectivity index is 0.000000168. The average Bonchev–Trinajstić information content (AvgIpc) is 4.05. The van der Waals surface area contributed by atoms with Crippen molar-refractivity contribution in [1.82, 2.24) is 14.5 Å². The van der Waals surface area contributed by atoms with Crippen LogP contribution in [0, 0.1) is 23.4 Å². The quantitative estimate of drug-likeness (QED) is 0.312. The van der Waals surface area contributed by atoms with Crippen LogP contribution in [0.1, 0.15) is 124 Å². The van der Waals surface area contributed by atoms with Crippen molar-refractivity contribution in [3.63, 3.8) is 0 Å². The zero-order valence-corrected chi connectivity index (χ0v) is 37.2. The molecule has 2 saturated heterocycles. The summed E-state index contributed by atoms with van der Waals surface area (Å²) in [5.41, 5.74) is 11.2. The highest BCUT2D eigenvalue weighted by Gasteiger charge is 2.34. The number of nitriles is 1. The van der Waals surface area contributed by atoms with Crippen molar-refractivity contribution >= 4 is 43.6 Å². The highest BCUT2D eigenvalue weighted by Crippen LogP contribution is 2.41. The maximum Gasteiger partial charge on any atom is 0.332 e. The van der Waals surface area contributed by atoms with Gasteiger partial charge in [-0.25, -0.2) is 31.5 Å². The summed E-state index contributed by atoms with van der Waals surface area (Å²) in [6.07, 6.45) is 16.4. The first-order chi connectivity index (χ1) is 28.5. The van der Waals surface area contributed by atoms with Gasteiger partial charge < -0.3 is 19.9 Å². The molecule has 2 aromatic rings. The van der Waals surface area contributed by atoms with Gasteiger partial charge in [-0.1, -0.05) is 39.8 Å². The predicted octanol–water partition coefficient (Wildman–Crippen LogP) is 5.21. The molecule has 8 rings (SSSR count). The van der Waals surface area contributed by atoms with E-state index in [9.17, 15) is 31.2 Å². The van der Waals surface area contributed by atoms with E-state index in [1.807, 2.05) is 34.0 Å². The zero-order valence-electron chi connectivity index (χ0n) is 35.6. The Morgan fingerprint density at radius 2 is 1.05 bits per heavy atom. The van der Waals surface area contributed by atoms with Gasteiger partial charge in [-0.3, -0.25) is 9.59 Å². The SMILES string of the molecule is CC(C)C(=O)N1CCC(S(=O)(=O)NC(=O)Nc2c3c(cc4c2CCC4)CCC3)CC1.CC(C)C(=O)N1CCC(S(N)(=O)=O)CC1.N#COc1c2c(cc3c1CCC3)CCC2. The molecule has 0 saturated carbocycles. The number of urea groups is 1. The number of nitrogens with two attached hydrogens (primary N) is 1. The van der Waals surface area contributed by atoms with Crippen molar-refractivity contribution in [3.8, 4) is 12.0 Å². The minimum Gasteiger partial charge on any atom is -0.387 e. The number of nitrogens with one attached hydrogen (secondary N) is 2. The Hall–Kier alpha value is -4.20. The van der Waals surface area contributed by atoms with Gasteiger partial charge in [0.1, 0.15) is 5.75 Å². The third-order valence-electron chi connectivity index (χ3n) is 12.9. The third-order valence-corrected chi connectivity index (χ3v) is 16.1. The van der Waals surface area contributed by atoms with Gasteiger partial charge in [0.15, 0.2) is 0 Å². The maximum absolute atomic E-state index is 12.8. The minimum absolute atomic E-state index is 0.0315. The Morgan fingerprint density at radius 1 is 0.667 bits per heavy atom. The molecule has 14 nitrogen and oxygen atoms in total. The summed E-state index contributed by atoms with van der Waals surface area (Å²) in [5, 5.41) is 15.5. The molecule has 2 fully saturated rings. The van der Waals surface area contributed by atoms with Crippen LogP contribution in [0.3, 0.4) is 0 Å². The number of benzene rings is 2. The van der Waals surface area contributed by atoms with Crippen LogP contribution in [0.15, 0.2) is 12.1 Å². The van der Waals surface area contributed by atoms with E-state index in [1.54, 1.807) is 9.80 Å². The largest absolute Gasteiger partial charge is 0.387 e. The minimum atomic E-state index is -3.80. The number of carbonyl (C=O) groups is 3. The van der Waals surface area contributed by atoms with Gasteiger partial charge in [0, 0.05) is 43.7 Å². The molecular formula is C44H62N6O8S2. The summed E-state index contributed by atoms with van der Waals surface area (Å²) in [4.78, 5) is 39.8. The second-order valence-electron chi connectivity index (χ2n) is 17.7. The van der Waals surface area contributed by atoms with Crippen molar-refractivity contribution in [2.24, 2.45) is 17.0 Å². The zero-order chi connectivity index (χ0) is 43.4. The first-order valence-corrected chi connectivity index (χ1v) is 24.9. The number of anilines is 1. The van der Waals surface area contributed by atoms with E-state index in [2.05, 4.69) is 22.2 Å². The number of ether oxygens (including phenoxy) is 1. The van der Waals surface area contributed by atoms with Crippen LogP contribution in [-0.2, 0) is 81.0 Å². The van der Waals surface area contributed by atoms with Crippen LogP contribution in [0.4, 0.5) is 10.5 Å². The van der Waals surface area contributed by atoms with E-state index >= 15 is 0 Å². The van der Waals surface area contributed by atoms with Crippen molar-refractivity contribution in [3.05, 3.63) is 56.6 Å². The molecule has 4 N–H and O–H groups in total. The molecule has 0 atom stereocenters. The van der Waals surface area contributed by atoms with Gasteiger partial charge in [-0.05, 0) is 147 Å². The molecule has 2 aromatic carbocycles. The Bertz CT molecular complexity index is 2150. The molecule has 6 aliphatic rings. The highest BCUT2D eigenvalue weighted by atomic mass is 32.2. The number of hydrogen-bond acceptors (Lipinski definition) is 9. The molecule has 0 unspecified atom stereocenters. The maximum atomic E-state index is 12.8. The van der Waals surface area contributed by atoms with E-state index in [4.69, 9.17) is 15.1 Å². The number of carbonyl (C=O) groups excluding carboxylic acids is 3. The molecule has 16 heteroatoms. The number of aryl methyl sites for hydroxylation is 4. The van der Waals surface area contributed by atoms with Crippen LogP contribution in [-0.4, -0.2) is 81.2 Å². The second-order valence-corrected chi connectivity index (χ2v) is 21.5. The molecule has 328 valence electrons. The smallest absolute Gasteiger partial charge is 0.332 e. The molecule has 4 amide bonds. The summed E-state index contributed by atoms with van der Waals surface area (Å²) in [7, 11) is -7.23. The van der Waals surface area contributed by atoms with Crippen molar-refractivity contribution in [1.29, 1.82) is 5.26 Å². The lowest BCUT2D eigenvalue weighted by atomic mass is 9.99. The van der Waals surface area contributed by atoms with Crippen molar-refractivity contribution in [2.45, 2.75) is 141 Å². The molecule has 0 spiro atoms. The molecular weight excluding hydrogens is 805 g/mol. The van der Waals surface area contributed by atoms with Crippen molar-refractivity contribution < 1.29 is 36.0 Å². The van der Waals surface area contributed by atoms with Gasteiger partial charge in [0.2, 0.25) is 31.9 Å². The fourth-order valence-corrected chi connectivity index (χ4v) is 11.9. The Kier molecular flexibility index (Phi) is 14.5. The third kappa shape index (κ3) is 10.5. The average molecular weight is 867 g/mol. The molecule has 2 heterocycles. The van der Waals surface area contributed by atoms with E-state index in [1.165, 1.54) is 57.3 Å². The van der Waals surface area contributed by atoms with Crippen molar-refractivity contribution in [2.75, 3.05) is 31.5 Å². The van der Waals surface area contributed by atoms with E-state index in [-0.39, 0.29) is 23.7 Å². The number of fused-ring (bicyclic) bond motifs is 4. The first-order valence-electron chi connectivity index (χ1n) is 21.8. The number of nitrogens with zero attached hydrogens (tertiary/aromatic N) is 3. The fourth-order valence-electron chi connectivity index (χ4n) is 9.77. The normalized spacial score (nSPS) is 18.6. The van der Waals surface area contributed by atoms with Crippen LogP contribution in [0.2, 0.25) is 0 Å². The number of piperidine rings is 2. The molecule has 0 aromatic heterocycles. The van der Waals surface area contributed by atoms with E-state index in [0.29, 0.717) is 51.9 Å². The summed E-state index contributed by atoms with van der Waals surface area (Å²) in [6, 6.07) is 3.94. The fraction of sp³-hybridized carbons (Fsp3) is 0.636. The molecule has 2 aliphatic heterocycles. The van der Waals surface area contributed by atoms with Gasteiger partial charge in [0.25, 0.3) is 6.26 Å². The summed E-state index contributed by atoms with van der Waals surface area (Å²) in [6.45, 7) is 9.18. The Labute approximate surface area is 356 Å². The van der Waals surface area contributed by atoms with Gasteiger partial charge in [-0.2, -0.15) is 0 Å². The van der Waals surface area contributed by atoms with Crippen LogP contribution in [0.25, 0.3) is 0 Å². The van der Waals surface area contributed by atoms with Crippen LogP contribution in [0.5, 0.6) is 5.75 Å². The molecule has 60 heavy (non-hydrogen) atoms. The number of hydrogen-bond donors (Lipinski definition) is 3. The first kappa shape index (κ1) is 45.3.